The minimum atomic E-state index is -0.0336. The number of nitrogens with zero attached hydrogens (tertiary/aromatic N) is 1. The van der Waals surface area contributed by atoms with Crippen LogP contribution < -0.4 is 5.73 Å². The van der Waals surface area contributed by atoms with Gasteiger partial charge in [-0.3, -0.25) is 0 Å². The fourth-order valence-electron chi connectivity index (χ4n) is 1.47. The van der Waals surface area contributed by atoms with Gasteiger partial charge >= 0.3 is 0 Å². The van der Waals surface area contributed by atoms with E-state index < -0.39 is 0 Å². The van der Waals surface area contributed by atoms with Gasteiger partial charge in [0.1, 0.15) is 5.03 Å². The molecule has 0 fully saturated rings. The molecule has 2 nitrogen and oxygen atoms in total. The first-order chi connectivity index (χ1) is 8.18. The Morgan fingerprint density at radius 3 is 2.71 bits per heavy atom. The van der Waals surface area contributed by atoms with Crippen molar-refractivity contribution in [2.45, 2.75) is 22.9 Å². The summed E-state index contributed by atoms with van der Waals surface area (Å²) < 4.78 is 0. The molecule has 1 heterocycles. The molecule has 0 unspecified atom stereocenters. The molecule has 0 spiro atoms. The van der Waals surface area contributed by atoms with Gasteiger partial charge in [0.25, 0.3) is 0 Å². The van der Waals surface area contributed by atoms with Gasteiger partial charge in [-0.25, -0.2) is 4.98 Å². The molecule has 0 radical (unpaired) electrons. The topological polar surface area (TPSA) is 38.9 Å². The number of rotatable bonds is 3. The van der Waals surface area contributed by atoms with Crippen LogP contribution in [0.5, 0.6) is 0 Å². The third-order valence-electron chi connectivity index (χ3n) is 2.33. The second-order valence-electron chi connectivity index (χ2n) is 3.72. The van der Waals surface area contributed by atoms with E-state index in [-0.39, 0.29) is 6.04 Å². The lowest BCUT2D eigenvalue weighted by molar-refractivity contribution is 0.779. The van der Waals surface area contributed by atoms with Crippen LogP contribution in [0.3, 0.4) is 0 Å². The van der Waals surface area contributed by atoms with Crippen molar-refractivity contribution in [2.24, 2.45) is 5.73 Å². The Kier molecular flexibility index (Phi) is 4.05. The molecule has 1 aromatic carbocycles. The van der Waals surface area contributed by atoms with Gasteiger partial charge in [0.2, 0.25) is 0 Å². The van der Waals surface area contributed by atoms with Crippen LogP contribution in [-0.2, 0) is 0 Å². The summed E-state index contributed by atoms with van der Waals surface area (Å²) in [5.41, 5.74) is 6.96. The van der Waals surface area contributed by atoms with Gasteiger partial charge in [-0.1, -0.05) is 41.6 Å². The highest BCUT2D eigenvalue weighted by molar-refractivity contribution is 7.99. The average molecular weight is 265 g/mol. The highest BCUT2D eigenvalue weighted by Crippen LogP contribution is 2.34. The third kappa shape index (κ3) is 3.00. The Balaban J connectivity index is 2.34. The molecule has 0 aliphatic rings. The van der Waals surface area contributed by atoms with E-state index in [1.54, 1.807) is 18.0 Å². The average Bonchev–Trinajstić information content (AvgIpc) is 2.32. The second kappa shape index (κ2) is 5.54. The van der Waals surface area contributed by atoms with E-state index in [0.717, 1.165) is 20.5 Å². The lowest BCUT2D eigenvalue weighted by Crippen LogP contribution is -2.07. The molecule has 88 valence electrons. The first-order valence-electron chi connectivity index (χ1n) is 5.31. The Labute approximate surface area is 110 Å². The zero-order chi connectivity index (χ0) is 12.3. The number of pyridine rings is 1. The maximum Gasteiger partial charge on any atom is 0.106 e. The van der Waals surface area contributed by atoms with Crippen LogP contribution in [0.25, 0.3) is 0 Å². The summed E-state index contributed by atoms with van der Waals surface area (Å²) in [4.78, 5) is 5.36. The maximum absolute atomic E-state index is 6.13. The molecule has 2 rings (SSSR count). The molecular formula is C13H13ClN2S. The zero-order valence-electron chi connectivity index (χ0n) is 9.43. The molecule has 1 aromatic heterocycles. The first kappa shape index (κ1) is 12.4. The van der Waals surface area contributed by atoms with Gasteiger partial charge in [-0.15, -0.1) is 0 Å². The molecule has 17 heavy (non-hydrogen) atoms. The van der Waals surface area contributed by atoms with Gasteiger partial charge < -0.3 is 5.73 Å². The summed E-state index contributed by atoms with van der Waals surface area (Å²) in [6, 6.07) is 11.6. The number of halogens is 1. The summed E-state index contributed by atoms with van der Waals surface area (Å²) in [6.45, 7) is 1.95. The monoisotopic (exact) mass is 264 g/mol. The smallest absolute Gasteiger partial charge is 0.106 e. The molecule has 2 N–H and O–H groups in total. The molecule has 0 aliphatic heterocycles. The normalized spacial score (nSPS) is 12.4. The van der Waals surface area contributed by atoms with Crippen molar-refractivity contribution in [3.63, 3.8) is 0 Å². The van der Waals surface area contributed by atoms with E-state index in [2.05, 4.69) is 4.98 Å². The van der Waals surface area contributed by atoms with Crippen molar-refractivity contribution in [1.82, 2.24) is 4.98 Å². The van der Waals surface area contributed by atoms with Crippen molar-refractivity contribution in [3.8, 4) is 0 Å². The first-order valence-corrected chi connectivity index (χ1v) is 6.51. The zero-order valence-corrected chi connectivity index (χ0v) is 11.0. The highest BCUT2D eigenvalue weighted by atomic mass is 35.5. The Morgan fingerprint density at radius 1 is 1.24 bits per heavy atom. The molecule has 2 aromatic rings. The Morgan fingerprint density at radius 2 is 2.00 bits per heavy atom. The van der Waals surface area contributed by atoms with E-state index in [1.807, 2.05) is 43.3 Å². The number of benzene rings is 1. The summed E-state index contributed by atoms with van der Waals surface area (Å²) in [6.07, 6.45) is 1.77. The highest BCUT2D eigenvalue weighted by Gasteiger charge is 2.10. The van der Waals surface area contributed by atoms with Crippen LogP contribution in [0.4, 0.5) is 0 Å². The van der Waals surface area contributed by atoms with Crippen molar-refractivity contribution >= 4 is 23.4 Å². The summed E-state index contributed by atoms with van der Waals surface area (Å²) in [5.74, 6) is 0. The molecule has 4 heteroatoms. The standard InChI is InChI=1S/C13H13ClN2S/c1-9(15)10-5-4-8-16-13(10)17-12-7-3-2-6-11(12)14/h2-9H,15H2,1H3/t9-/m0/s1. The van der Waals surface area contributed by atoms with Gasteiger partial charge in [-0.05, 0) is 25.1 Å². The third-order valence-corrected chi connectivity index (χ3v) is 3.89. The minimum absolute atomic E-state index is 0.0336. The fourth-order valence-corrected chi connectivity index (χ4v) is 2.72. The van der Waals surface area contributed by atoms with Crippen LogP contribution in [0.1, 0.15) is 18.5 Å². The van der Waals surface area contributed by atoms with Crippen molar-refractivity contribution in [1.29, 1.82) is 0 Å². The lowest BCUT2D eigenvalue weighted by Gasteiger charge is -2.11. The summed E-state index contributed by atoms with van der Waals surface area (Å²) in [7, 11) is 0. The Hall–Kier alpha value is -1.03. The van der Waals surface area contributed by atoms with Gasteiger partial charge in [0.05, 0.1) is 5.02 Å². The number of nitrogens with two attached hydrogens (primary N) is 1. The van der Waals surface area contributed by atoms with Gasteiger partial charge in [0.15, 0.2) is 0 Å². The molecule has 0 aliphatic carbocycles. The van der Waals surface area contributed by atoms with Crippen LogP contribution >= 0.6 is 23.4 Å². The van der Waals surface area contributed by atoms with Crippen molar-refractivity contribution in [2.75, 3.05) is 0 Å². The van der Waals surface area contributed by atoms with Crippen LogP contribution in [-0.4, -0.2) is 4.98 Å². The van der Waals surface area contributed by atoms with Crippen LogP contribution in [0.2, 0.25) is 5.02 Å². The number of aromatic nitrogens is 1. The predicted octanol–water partition coefficient (Wildman–Crippen LogP) is 3.91. The quantitative estimate of drug-likeness (QED) is 0.914. The molecule has 0 amide bonds. The molecular weight excluding hydrogens is 252 g/mol. The maximum atomic E-state index is 6.13. The van der Waals surface area contributed by atoms with E-state index in [4.69, 9.17) is 17.3 Å². The van der Waals surface area contributed by atoms with Gasteiger partial charge in [-0.2, -0.15) is 0 Å². The predicted molar refractivity (Wildman–Crippen MR) is 72.4 cm³/mol. The molecule has 0 bridgehead atoms. The van der Waals surface area contributed by atoms with E-state index in [1.165, 1.54) is 0 Å². The number of hydrogen-bond donors (Lipinski definition) is 1. The summed E-state index contributed by atoms with van der Waals surface area (Å²) in [5, 5.41) is 1.65. The molecule has 1 atom stereocenters. The number of hydrogen-bond acceptors (Lipinski definition) is 3. The molecule has 0 saturated carbocycles. The van der Waals surface area contributed by atoms with Crippen LogP contribution in [0, 0.1) is 0 Å². The minimum Gasteiger partial charge on any atom is -0.324 e. The fraction of sp³-hybridized carbons (Fsp3) is 0.154. The van der Waals surface area contributed by atoms with Gasteiger partial charge in [0, 0.05) is 22.7 Å². The van der Waals surface area contributed by atoms with E-state index >= 15 is 0 Å². The summed E-state index contributed by atoms with van der Waals surface area (Å²) >= 11 is 7.67. The van der Waals surface area contributed by atoms with E-state index in [0.29, 0.717) is 0 Å². The molecule has 0 saturated heterocycles. The second-order valence-corrected chi connectivity index (χ2v) is 5.16. The van der Waals surface area contributed by atoms with Crippen molar-refractivity contribution < 1.29 is 0 Å². The van der Waals surface area contributed by atoms with E-state index in [9.17, 15) is 0 Å². The Bertz CT molecular complexity index is 514. The lowest BCUT2D eigenvalue weighted by atomic mass is 10.2. The van der Waals surface area contributed by atoms with Crippen LogP contribution in [0.15, 0.2) is 52.5 Å². The SMILES string of the molecule is C[C@H](N)c1cccnc1Sc1ccccc1Cl. The van der Waals surface area contributed by atoms with Crippen molar-refractivity contribution in [3.05, 3.63) is 53.2 Å². The largest absolute Gasteiger partial charge is 0.324 e.